The Morgan fingerprint density at radius 3 is 2.86 bits per heavy atom. The molecule has 0 saturated heterocycles. The summed E-state index contributed by atoms with van der Waals surface area (Å²) in [5.74, 6) is 4.81. The van der Waals surface area contributed by atoms with Gasteiger partial charge < -0.3 is 5.11 Å². The number of aromatic nitrogens is 2. The summed E-state index contributed by atoms with van der Waals surface area (Å²) in [4.78, 5) is 24.4. The summed E-state index contributed by atoms with van der Waals surface area (Å²) >= 11 is 0. The molecule has 1 heterocycles. The first-order chi connectivity index (χ1) is 6.69. The maximum Gasteiger partial charge on any atom is 0.328 e. The van der Waals surface area contributed by atoms with E-state index < -0.39 is 11.2 Å². The van der Waals surface area contributed by atoms with Crippen LogP contribution in [0, 0.1) is 11.8 Å². The van der Waals surface area contributed by atoms with E-state index in [0.29, 0.717) is 6.54 Å². The molecule has 1 rings (SSSR count). The topological polar surface area (TPSA) is 75.1 Å². The van der Waals surface area contributed by atoms with Crippen molar-refractivity contribution in [2.24, 2.45) is 0 Å². The second-order valence-electron chi connectivity index (χ2n) is 2.55. The van der Waals surface area contributed by atoms with E-state index in [0.717, 1.165) is 0 Å². The van der Waals surface area contributed by atoms with Crippen molar-refractivity contribution in [3.05, 3.63) is 32.6 Å². The average molecular weight is 194 g/mol. The lowest BCUT2D eigenvalue weighted by Gasteiger charge is -1.99. The third-order valence-corrected chi connectivity index (χ3v) is 1.65. The first kappa shape index (κ1) is 10.3. The maximum absolute atomic E-state index is 11.2. The van der Waals surface area contributed by atoms with Gasteiger partial charge in [-0.2, -0.15) is 0 Å². The molecule has 1 aromatic heterocycles. The Labute approximate surface area is 80.0 Å². The zero-order valence-electron chi connectivity index (χ0n) is 7.70. The van der Waals surface area contributed by atoms with Crippen LogP contribution in [-0.2, 0) is 6.54 Å². The molecule has 0 aliphatic carbocycles. The highest BCUT2D eigenvalue weighted by atomic mass is 16.2. The van der Waals surface area contributed by atoms with Crippen molar-refractivity contribution in [3.8, 4) is 11.8 Å². The lowest BCUT2D eigenvalue weighted by molar-refractivity contribution is 0.350. The summed E-state index contributed by atoms with van der Waals surface area (Å²) in [6.45, 7) is 1.93. The molecular formula is C9H10N2O3. The van der Waals surface area contributed by atoms with Gasteiger partial charge >= 0.3 is 5.69 Å². The van der Waals surface area contributed by atoms with Gasteiger partial charge in [-0.25, -0.2) is 4.79 Å². The Morgan fingerprint density at radius 1 is 1.57 bits per heavy atom. The van der Waals surface area contributed by atoms with Crippen LogP contribution in [0.1, 0.15) is 12.5 Å². The van der Waals surface area contributed by atoms with Crippen molar-refractivity contribution in [2.45, 2.75) is 13.5 Å². The second kappa shape index (κ2) is 4.44. The van der Waals surface area contributed by atoms with Gasteiger partial charge in [-0.1, -0.05) is 11.8 Å². The van der Waals surface area contributed by atoms with Gasteiger partial charge in [-0.05, 0) is 6.92 Å². The molecule has 0 aliphatic rings. The monoisotopic (exact) mass is 194 g/mol. The number of aryl methyl sites for hydroxylation is 1. The molecule has 74 valence electrons. The van der Waals surface area contributed by atoms with Gasteiger partial charge in [0, 0.05) is 12.7 Å². The molecule has 0 amide bonds. The van der Waals surface area contributed by atoms with Crippen molar-refractivity contribution in [2.75, 3.05) is 6.61 Å². The van der Waals surface area contributed by atoms with E-state index in [-0.39, 0.29) is 12.2 Å². The molecule has 0 bridgehead atoms. The van der Waals surface area contributed by atoms with Gasteiger partial charge in [0.15, 0.2) is 0 Å². The first-order valence-corrected chi connectivity index (χ1v) is 4.12. The highest BCUT2D eigenvalue weighted by Gasteiger charge is 1.99. The van der Waals surface area contributed by atoms with Crippen LogP contribution in [0.4, 0.5) is 0 Å². The van der Waals surface area contributed by atoms with Crippen LogP contribution in [-0.4, -0.2) is 21.3 Å². The number of rotatable bonds is 1. The highest BCUT2D eigenvalue weighted by molar-refractivity contribution is 5.29. The van der Waals surface area contributed by atoms with E-state index in [4.69, 9.17) is 5.11 Å². The smallest absolute Gasteiger partial charge is 0.328 e. The fourth-order valence-electron chi connectivity index (χ4n) is 0.968. The van der Waals surface area contributed by atoms with Crippen molar-refractivity contribution in [3.63, 3.8) is 0 Å². The van der Waals surface area contributed by atoms with Crippen LogP contribution in [0.2, 0.25) is 0 Å². The zero-order valence-corrected chi connectivity index (χ0v) is 7.70. The fourth-order valence-corrected chi connectivity index (χ4v) is 0.968. The molecule has 0 atom stereocenters. The van der Waals surface area contributed by atoms with Crippen LogP contribution in [0.25, 0.3) is 0 Å². The molecule has 5 heteroatoms. The lowest BCUT2D eigenvalue weighted by atomic mass is 10.3. The molecule has 14 heavy (non-hydrogen) atoms. The molecule has 1 aromatic rings. The summed E-state index contributed by atoms with van der Waals surface area (Å²) in [6, 6.07) is 0. The van der Waals surface area contributed by atoms with E-state index >= 15 is 0 Å². The summed E-state index contributed by atoms with van der Waals surface area (Å²) < 4.78 is 1.34. The zero-order chi connectivity index (χ0) is 10.6. The Kier molecular flexibility index (Phi) is 3.26. The van der Waals surface area contributed by atoms with Gasteiger partial charge in [0.25, 0.3) is 5.56 Å². The molecule has 0 saturated carbocycles. The molecule has 0 aliphatic heterocycles. The van der Waals surface area contributed by atoms with E-state index in [1.165, 1.54) is 10.8 Å². The van der Waals surface area contributed by atoms with Gasteiger partial charge in [-0.15, -0.1) is 0 Å². The van der Waals surface area contributed by atoms with Crippen molar-refractivity contribution >= 4 is 0 Å². The van der Waals surface area contributed by atoms with E-state index in [9.17, 15) is 9.59 Å². The SMILES string of the molecule is CCn1cc(C#CCO)c(=O)[nH]c1=O. The summed E-state index contributed by atoms with van der Waals surface area (Å²) in [5.41, 5.74) is -0.798. The van der Waals surface area contributed by atoms with Crippen LogP contribution < -0.4 is 11.2 Å². The summed E-state index contributed by atoms with van der Waals surface area (Å²) in [6.07, 6.45) is 1.38. The Hall–Kier alpha value is -1.80. The van der Waals surface area contributed by atoms with Crippen molar-refractivity contribution in [1.29, 1.82) is 0 Å². The van der Waals surface area contributed by atoms with Gasteiger partial charge in [-0.3, -0.25) is 14.3 Å². The van der Waals surface area contributed by atoms with Gasteiger partial charge in [0.05, 0.1) is 0 Å². The molecule has 0 aromatic carbocycles. The number of nitrogens with zero attached hydrogens (tertiary/aromatic N) is 1. The Balaban J connectivity index is 3.32. The number of aromatic amines is 1. The Bertz CT molecular complexity index is 487. The molecule has 0 radical (unpaired) electrons. The van der Waals surface area contributed by atoms with Crippen molar-refractivity contribution < 1.29 is 5.11 Å². The fraction of sp³-hybridized carbons (Fsp3) is 0.333. The molecular weight excluding hydrogens is 184 g/mol. The number of nitrogens with one attached hydrogen (secondary N) is 1. The predicted molar refractivity (Wildman–Crippen MR) is 51.0 cm³/mol. The van der Waals surface area contributed by atoms with Gasteiger partial charge in [0.1, 0.15) is 12.2 Å². The minimum Gasteiger partial charge on any atom is -0.384 e. The molecule has 0 fully saturated rings. The van der Waals surface area contributed by atoms with E-state index in [1.54, 1.807) is 6.92 Å². The number of hydrogen-bond donors (Lipinski definition) is 2. The Morgan fingerprint density at radius 2 is 2.29 bits per heavy atom. The maximum atomic E-state index is 11.2. The highest BCUT2D eigenvalue weighted by Crippen LogP contribution is 1.84. The first-order valence-electron chi connectivity index (χ1n) is 4.12. The third kappa shape index (κ3) is 2.12. The standard InChI is InChI=1S/C9H10N2O3/c1-2-11-6-7(4-3-5-12)8(13)10-9(11)14/h6,12H,2,5H2,1H3,(H,10,13,14). The lowest BCUT2D eigenvalue weighted by Crippen LogP contribution is -2.30. The van der Waals surface area contributed by atoms with Crippen LogP contribution in [0.15, 0.2) is 15.8 Å². The van der Waals surface area contributed by atoms with Crippen molar-refractivity contribution in [1.82, 2.24) is 9.55 Å². The minimum atomic E-state index is -0.527. The molecule has 0 spiro atoms. The number of aliphatic hydroxyl groups excluding tert-OH is 1. The predicted octanol–water partition coefficient (Wildman–Crippen LogP) is -1.10. The third-order valence-electron chi connectivity index (χ3n) is 1.65. The second-order valence-corrected chi connectivity index (χ2v) is 2.55. The van der Waals surface area contributed by atoms with Crippen LogP contribution in [0.5, 0.6) is 0 Å². The molecule has 2 N–H and O–H groups in total. The normalized spacial score (nSPS) is 9.29. The van der Waals surface area contributed by atoms with Crippen LogP contribution in [0.3, 0.4) is 0 Å². The van der Waals surface area contributed by atoms with Gasteiger partial charge in [0.2, 0.25) is 0 Å². The minimum absolute atomic E-state index is 0.181. The van der Waals surface area contributed by atoms with E-state index in [1.807, 2.05) is 0 Å². The number of aliphatic hydroxyl groups is 1. The van der Waals surface area contributed by atoms with Crippen LogP contribution >= 0.6 is 0 Å². The largest absolute Gasteiger partial charge is 0.384 e. The number of hydrogen-bond acceptors (Lipinski definition) is 3. The number of H-pyrrole nitrogens is 1. The average Bonchev–Trinajstić information content (AvgIpc) is 2.17. The molecule has 0 unspecified atom stereocenters. The summed E-state index contributed by atoms with van der Waals surface area (Å²) in [7, 11) is 0. The van der Waals surface area contributed by atoms with E-state index in [2.05, 4.69) is 16.8 Å². The quantitative estimate of drug-likeness (QED) is 0.557. The molecule has 5 nitrogen and oxygen atoms in total. The summed E-state index contributed by atoms with van der Waals surface area (Å²) in [5, 5.41) is 8.45.